The Hall–Kier alpha value is -3.18. The van der Waals surface area contributed by atoms with Crippen LogP contribution >= 0.6 is 11.3 Å². The SMILES string of the molecule is Cc1ccc(-c2nn(-c3ccccc3)cc2CCC(=O)NCc2cccs2)cc1. The topological polar surface area (TPSA) is 46.9 Å². The van der Waals surface area contributed by atoms with Gasteiger partial charge in [-0.3, -0.25) is 4.79 Å². The van der Waals surface area contributed by atoms with Crippen molar-refractivity contribution in [3.8, 4) is 16.9 Å². The highest BCUT2D eigenvalue weighted by Crippen LogP contribution is 2.25. The molecule has 0 bridgehead atoms. The van der Waals surface area contributed by atoms with Gasteiger partial charge in [-0.15, -0.1) is 11.3 Å². The Morgan fingerprint density at radius 2 is 1.83 bits per heavy atom. The lowest BCUT2D eigenvalue weighted by Gasteiger charge is -2.05. The Morgan fingerprint density at radius 1 is 1.03 bits per heavy atom. The fourth-order valence-corrected chi connectivity index (χ4v) is 3.84. The predicted molar refractivity (Wildman–Crippen MR) is 118 cm³/mol. The second-order valence-electron chi connectivity index (χ2n) is 7.01. The van der Waals surface area contributed by atoms with Crippen LogP contribution in [0.1, 0.15) is 22.4 Å². The van der Waals surface area contributed by atoms with Crippen molar-refractivity contribution in [3.05, 3.63) is 94.3 Å². The van der Waals surface area contributed by atoms with Crippen molar-refractivity contribution in [2.24, 2.45) is 0 Å². The standard InChI is InChI=1S/C24H23N3OS/c1-18-9-11-19(12-10-18)24-20(17-27(26-24)21-6-3-2-4-7-21)13-14-23(28)25-16-22-8-5-15-29-22/h2-12,15,17H,13-14,16H2,1H3,(H,25,28). The summed E-state index contributed by atoms with van der Waals surface area (Å²) in [6.45, 7) is 2.66. The zero-order chi connectivity index (χ0) is 20.1. The van der Waals surface area contributed by atoms with E-state index in [1.165, 1.54) is 5.56 Å². The molecule has 0 aliphatic carbocycles. The summed E-state index contributed by atoms with van der Waals surface area (Å²) >= 11 is 1.65. The largest absolute Gasteiger partial charge is 0.351 e. The summed E-state index contributed by atoms with van der Waals surface area (Å²) in [5, 5.41) is 9.86. The highest BCUT2D eigenvalue weighted by molar-refractivity contribution is 7.09. The van der Waals surface area contributed by atoms with E-state index >= 15 is 0 Å². The zero-order valence-electron chi connectivity index (χ0n) is 16.3. The predicted octanol–water partition coefficient (Wildman–Crippen LogP) is 5.16. The van der Waals surface area contributed by atoms with Crippen molar-refractivity contribution in [2.75, 3.05) is 0 Å². The van der Waals surface area contributed by atoms with Gasteiger partial charge in [0.15, 0.2) is 0 Å². The summed E-state index contributed by atoms with van der Waals surface area (Å²) in [6.07, 6.45) is 3.12. The summed E-state index contributed by atoms with van der Waals surface area (Å²) in [7, 11) is 0. The van der Waals surface area contributed by atoms with Crippen LogP contribution in [-0.2, 0) is 17.8 Å². The molecule has 5 heteroatoms. The van der Waals surface area contributed by atoms with E-state index in [9.17, 15) is 4.79 Å². The van der Waals surface area contributed by atoms with Crippen molar-refractivity contribution in [2.45, 2.75) is 26.3 Å². The molecule has 146 valence electrons. The smallest absolute Gasteiger partial charge is 0.220 e. The molecule has 0 fully saturated rings. The number of aromatic nitrogens is 2. The number of nitrogens with zero attached hydrogens (tertiary/aromatic N) is 2. The Balaban J connectivity index is 1.53. The van der Waals surface area contributed by atoms with Crippen molar-refractivity contribution in [3.63, 3.8) is 0 Å². The van der Waals surface area contributed by atoms with Crippen LogP contribution in [0.3, 0.4) is 0 Å². The number of carbonyl (C=O) groups is 1. The second kappa shape index (κ2) is 8.88. The quantitative estimate of drug-likeness (QED) is 0.465. The fourth-order valence-electron chi connectivity index (χ4n) is 3.20. The molecule has 4 aromatic rings. The first-order chi connectivity index (χ1) is 14.2. The van der Waals surface area contributed by atoms with Crippen LogP contribution in [0.15, 0.2) is 78.3 Å². The molecule has 4 rings (SSSR count). The van der Waals surface area contributed by atoms with Gasteiger partial charge >= 0.3 is 0 Å². The zero-order valence-corrected chi connectivity index (χ0v) is 17.2. The molecule has 4 nitrogen and oxygen atoms in total. The maximum Gasteiger partial charge on any atom is 0.220 e. The molecule has 2 aromatic heterocycles. The van der Waals surface area contributed by atoms with Crippen LogP contribution in [0.2, 0.25) is 0 Å². The van der Waals surface area contributed by atoms with E-state index in [1.54, 1.807) is 11.3 Å². The third-order valence-electron chi connectivity index (χ3n) is 4.80. The molecular weight excluding hydrogens is 378 g/mol. The van der Waals surface area contributed by atoms with E-state index in [1.807, 2.05) is 58.7 Å². The van der Waals surface area contributed by atoms with E-state index in [0.29, 0.717) is 19.4 Å². The average molecular weight is 402 g/mol. The molecule has 0 aliphatic heterocycles. The van der Waals surface area contributed by atoms with Crippen LogP contribution in [0.25, 0.3) is 16.9 Å². The molecule has 0 saturated carbocycles. The molecule has 0 unspecified atom stereocenters. The molecule has 0 aliphatic rings. The Labute approximate surface area is 174 Å². The number of aryl methyl sites for hydroxylation is 2. The van der Waals surface area contributed by atoms with Crippen molar-refractivity contribution in [1.29, 1.82) is 0 Å². The Morgan fingerprint density at radius 3 is 2.55 bits per heavy atom. The number of hydrogen-bond donors (Lipinski definition) is 1. The number of benzene rings is 2. The molecule has 0 spiro atoms. The van der Waals surface area contributed by atoms with E-state index < -0.39 is 0 Å². The maximum absolute atomic E-state index is 12.3. The molecule has 0 radical (unpaired) electrons. The van der Waals surface area contributed by atoms with Gasteiger partial charge in [0.05, 0.1) is 17.9 Å². The van der Waals surface area contributed by atoms with Gasteiger partial charge in [0.1, 0.15) is 0 Å². The van der Waals surface area contributed by atoms with Gasteiger partial charge in [-0.1, -0.05) is 54.1 Å². The summed E-state index contributed by atoms with van der Waals surface area (Å²) in [4.78, 5) is 13.5. The van der Waals surface area contributed by atoms with Crippen molar-refractivity contribution < 1.29 is 4.79 Å². The van der Waals surface area contributed by atoms with Crippen LogP contribution in [0.5, 0.6) is 0 Å². The minimum Gasteiger partial charge on any atom is -0.351 e. The van der Waals surface area contributed by atoms with E-state index in [0.717, 1.165) is 27.4 Å². The van der Waals surface area contributed by atoms with Crippen molar-refractivity contribution >= 4 is 17.2 Å². The molecule has 0 atom stereocenters. The summed E-state index contributed by atoms with van der Waals surface area (Å²) in [5.41, 5.74) is 5.29. The van der Waals surface area contributed by atoms with E-state index in [2.05, 4.69) is 36.5 Å². The average Bonchev–Trinajstić information content (AvgIpc) is 3.42. The highest BCUT2D eigenvalue weighted by Gasteiger charge is 2.14. The lowest BCUT2D eigenvalue weighted by molar-refractivity contribution is -0.121. The molecule has 1 amide bonds. The van der Waals surface area contributed by atoms with Gasteiger partial charge in [-0.05, 0) is 42.5 Å². The number of rotatable bonds is 7. The molecule has 2 aromatic carbocycles. The minimum absolute atomic E-state index is 0.0562. The lowest BCUT2D eigenvalue weighted by Crippen LogP contribution is -2.22. The van der Waals surface area contributed by atoms with E-state index in [-0.39, 0.29) is 5.91 Å². The van der Waals surface area contributed by atoms with Crippen molar-refractivity contribution in [1.82, 2.24) is 15.1 Å². The van der Waals surface area contributed by atoms with Crippen LogP contribution in [-0.4, -0.2) is 15.7 Å². The first-order valence-corrected chi connectivity index (χ1v) is 10.6. The normalized spacial score (nSPS) is 10.8. The minimum atomic E-state index is 0.0562. The molecule has 29 heavy (non-hydrogen) atoms. The second-order valence-corrected chi connectivity index (χ2v) is 8.04. The highest BCUT2D eigenvalue weighted by atomic mass is 32.1. The first-order valence-electron chi connectivity index (χ1n) is 9.69. The molecular formula is C24H23N3OS. The van der Waals surface area contributed by atoms with Gasteiger partial charge in [0.2, 0.25) is 5.91 Å². The Bertz CT molecular complexity index is 1070. The summed E-state index contributed by atoms with van der Waals surface area (Å²) < 4.78 is 1.90. The van der Waals surface area contributed by atoms with E-state index in [4.69, 9.17) is 5.10 Å². The van der Waals surface area contributed by atoms with Gasteiger partial charge in [-0.2, -0.15) is 5.10 Å². The molecule has 2 heterocycles. The van der Waals surface area contributed by atoms with Gasteiger partial charge in [0.25, 0.3) is 0 Å². The number of thiophene rings is 1. The van der Waals surface area contributed by atoms with Gasteiger partial charge in [-0.25, -0.2) is 4.68 Å². The summed E-state index contributed by atoms with van der Waals surface area (Å²) in [5.74, 6) is 0.0562. The summed E-state index contributed by atoms with van der Waals surface area (Å²) in [6, 6.07) is 22.5. The monoisotopic (exact) mass is 401 g/mol. The third-order valence-corrected chi connectivity index (χ3v) is 5.67. The Kier molecular flexibility index (Phi) is 5.86. The van der Waals surface area contributed by atoms with Gasteiger partial charge in [0, 0.05) is 23.1 Å². The first kappa shape index (κ1) is 19.2. The molecule has 0 saturated heterocycles. The lowest BCUT2D eigenvalue weighted by atomic mass is 10.0. The third kappa shape index (κ3) is 4.81. The number of amides is 1. The van der Waals surface area contributed by atoms with Gasteiger partial charge < -0.3 is 5.32 Å². The number of hydrogen-bond acceptors (Lipinski definition) is 3. The number of nitrogens with one attached hydrogen (secondary N) is 1. The number of para-hydroxylation sites is 1. The van der Waals surface area contributed by atoms with Crippen LogP contribution in [0, 0.1) is 6.92 Å². The molecule has 1 N–H and O–H groups in total. The maximum atomic E-state index is 12.3. The van der Waals surface area contributed by atoms with Crippen LogP contribution in [0.4, 0.5) is 0 Å². The number of carbonyl (C=O) groups excluding carboxylic acids is 1. The fraction of sp³-hybridized carbons (Fsp3) is 0.167. The van der Waals surface area contributed by atoms with Crippen LogP contribution < -0.4 is 5.32 Å².